The van der Waals surface area contributed by atoms with Crippen molar-refractivity contribution in [2.75, 3.05) is 11.9 Å². The van der Waals surface area contributed by atoms with E-state index >= 15 is 26.3 Å². The third-order valence-electron chi connectivity index (χ3n) is 7.47. The number of hydrogen-bond acceptors (Lipinski definition) is 4. The van der Waals surface area contributed by atoms with Crippen molar-refractivity contribution < 1.29 is 103 Å². The molecule has 0 saturated heterocycles. The van der Waals surface area contributed by atoms with Crippen LogP contribution in [-0.2, 0) is 0 Å². The van der Waals surface area contributed by atoms with Crippen LogP contribution in [0.15, 0.2) is 12.1 Å². The quantitative estimate of drug-likeness (QED) is 0.0716. The molecule has 0 aliphatic rings. The van der Waals surface area contributed by atoms with Crippen LogP contribution in [0.4, 0.5) is 99.2 Å². The summed E-state index contributed by atoms with van der Waals surface area (Å²) < 4.78 is 294. The lowest BCUT2D eigenvalue weighted by atomic mass is 9.84. The van der Waals surface area contributed by atoms with E-state index in [0.717, 1.165) is 0 Å². The number of nitrogens with zero attached hydrogens (tertiary/aromatic N) is 1. The Morgan fingerprint density at radius 1 is 0.321 bits per heavy atom. The highest BCUT2D eigenvalue weighted by Crippen LogP contribution is 2.52. The van der Waals surface area contributed by atoms with E-state index in [0.29, 0.717) is 0 Å². The summed E-state index contributed by atoms with van der Waals surface area (Å²) in [4.78, 5) is -0.443. The first-order valence-electron chi connectivity index (χ1n) is 13.9. The summed E-state index contributed by atoms with van der Waals surface area (Å²) in [6, 6.07) is -0.229. The number of benzene rings is 5. The van der Waals surface area contributed by atoms with E-state index < -0.39 is 173 Å². The predicted octanol–water partition coefficient (Wildman–Crippen LogP) is 9.19. The lowest BCUT2D eigenvalue weighted by Crippen LogP contribution is -2.19. The summed E-state index contributed by atoms with van der Waals surface area (Å²) in [6.07, 6.45) is 0. The van der Waals surface area contributed by atoms with Crippen LogP contribution in [0.25, 0.3) is 33.4 Å². The Balaban J connectivity index is 0.00000166. The molecule has 0 fully saturated rings. The topological polar surface area (TPSA) is 63.9 Å². The number of anilines is 2. The molecule has 4 nitrogen and oxygen atoms in total. The molecule has 0 spiro atoms. The van der Waals surface area contributed by atoms with Crippen molar-refractivity contribution in [1.82, 2.24) is 0 Å². The van der Waals surface area contributed by atoms with Gasteiger partial charge in [0, 0.05) is 23.9 Å². The van der Waals surface area contributed by atoms with E-state index in [2.05, 4.69) is 0 Å². The minimum absolute atomic E-state index is 0.0750. The maximum absolute atomic E-state index is 15.5. The zero-order chi connectivity index (χ0) is 42.7. The average molecular weight is 833 g/mol. The minimum Gasteiger partial charge on any atom is -0.402 e. The molecule has 0 aliphatic carbocycles. The summed E-state index contributed by atoms with van der Waals surface area (Å²) in [6.45, 7) is 0. The van der Waals surface area contributed by atoms with Crippen molar-refractivity contribution in [1.29, 1.82) is 0 Å². The number of halogens is 20. The number of hydrogen-bond donors (Lipinski definition) is 3. The predicted molar refractivity (Wildman–Crippen MR) is 149 cm³/mol. The molecule has 25 heteroatoms. The molecule has 56 heavy (non-hydrogen) atoms. The molecular formula is C31H8BF20NO3. The maximum atomic E-state index is 15.5. The largest absolute Gasteiger partial charge is 0.631 e. The van der Waals surface area contributed by atoms with E-state index in [4.69, 9.17) is 15.1 Å². The van der Waals surface area contributed by atoms with Gasteiger partial charge in [-0.1, -0.05) is 6.07 Å². The molecule has 0 bridgehead atoms. The molecule has 0 atom stereocenters. The van der Waals surface area contributed by atoms with Gasteiger partial charge in [0.15, 0.2) is 93.1 Å². The van der Waals surface area contributed by atoms with Gasteiger partial charge in [-0.15, -0.1) is 0 Å². The molecule has 0 aliphatic heterocycles. The van der Waals surface area contributed by atoms with Crippen LogP contribution < -0.4 is 4.90 Å². The molecule has 0 saturated carbocycles. The standard InChI is InChI=1S/C31H5F20N.BH3O3/c1-52(31-29(50)27(48)26(47)28(49)30(31)51)5-3-2-4(7-11(32)17(38)23(44)18(39)12(7)33)6(9-13(34)19(40)24(45)20(41)14(9)35)8(5)10-15(36)21(42)25(46)22(43)16(10)37;2-1(3)4/h2-3H,1H3;2-4H. The minimum atomic E-state index is -3.11. The van der Waals surface area contributed by atoms with Gasteiger partial charge in [-0.05, 0) is 11.6 Å². The monoisotopic (exact) mass is 833 g/mol. The first kappa shape index (κ1) is 43.2. The van der Waals surface area contributed by atoms with Gasteiger partial charge < -0.3 is 20.0 Å². The fraction of sp³-hybridized carbons (Fsp3) is 0.0323. The SMILES string of the molecule is CN(c1ccc(-c2c(F)c(F)c(F)c(F)c2F)c(-c2c(F)c(F)c(F)c(F)c2F)c1-c1c(F)c(F)c(F)c(F)c1F)c1c(F)c(F)c(F)c(F)c1F.OB(O)O. The van der Waals surface area contributed by atoms with Crippen molar-refractivity contribution in [2.45, 2.75) is 0 Å². The maximum Gasteiger partial charge on any atom is 0.631 e. The highest BCUT2D eigenvalue weighted by atomic mass is 19.2. The first-order valence-corrected chi connectivity index (χ1v) is 13.9. The van der Waals surface area contributed by atoms with Gasteiger partial charge in [-0.3, -0.25) is 0 Å². The molecule has 5 rings (SSSR count). The van der Waals surface area contributed by atoms with Crippen LogP contribution >= 0.6 is 0 Å². The van der Waals surface area contributed by atoms with Crippen molar-refractivity contribution in [3.05, 3.63) is 128 Å². The molecule has 0 radical (unpaired) electrons. The van der Waals surface area contributed by atoms with Gasteiger partial charge >= 0.3 is 7.32 Å². The molecule has 3 N–H and O–H groups in total. The molecule has 0 unspecified atom stereocenters. The zero-order valence-corrected chi connectivity index (χ0v) is 26.1. The van der Waals surface area contributed by atoms with Crippen LogP contribution in [0.1, 0.15) is 0 Å². The van der Waals surface area contributed by atoms with Crippen molar-refractivity contribution >= 4 is 18.7 Å². The summed E-state index contributed by atoms with van der Waals surface area (Å²) >= 11 is 0. The van der Waals surface area contributed by atoms with E-state index in [-0.39, 0.29) is 19.2 Å². The smallest absolute Gasteiger partial charge is 0.402 e. The second-order valence-electron chi connectivity index (χ2n) is 10.5. The summed E-state index contributed by atoms with van der Waals surface area (Å²) in [5.74, 6) is -59.8. The fourth-order valence-corrected chi connectivity index (χ4v) is 5.09. The summed E-state index contributed by atoms with van der Waals surface area (Å²) in [7, 11) is -2.01. The Bertz CT molecular complexity index is 2340. The second-order valence-corrected chi connectivity index (χ2v) is 10.5. The molecule has 0 amide bonds. The van der Waals surface area contributed by atoms with Crippen LogP contribution in [0.5, 0.6) is 0 Å². The fourth-order valence-electron chi connectivity index (χ4n) is 5.09. The van der Waals surface area contributed by atoms with E-state index in [9.17, 15) is 61.5 Å². The first-order chi connectivity index (χ1) is 25.8. The molecular weight excluding hydrogens is 825 g/mol. The Labute approximate surface area is 295 Å². The molecule has 0 aromatic heterocycles. The highest BCUT2D eigenvalue weighted by Gasteiger charge is 2.39. The second kappa shape index (κ2) is 15.5. The van der Waals surface area contributed by atoms with Gasteiger partial charge in [-0.2, -0.15) is 0 Å². The van der Waals surface area contributed by atoms with Gasteiger partial charge in [0.05, 0.1) is 16.7 Å². The molecule has 5 aromatic carbocycles. The lowest BCUT2D eigenvalue weighted by Gasteiger charge is -2.28. The number of rotatable bonds is 5. The Morgan fingerprint density at radius 2 is 0.554 bits per heavy atom. The normalized spacial score (nSPS) is 11.2. The van der Waals surface area contributed by atoms with Crippen molar-refractivity contribution in [3.8, 4) is 33.4 Å². The summed E-state index contributed by atoms with van der Waals surface area (Å²) in [5.41, 5.74) is -18.6. The van der Waals surface area contributed by atoms with Gasteiger partial charge in [0.1, 0.15) is 5.69 Å². The molecule has 5 aromatic rings. The van der Waals surface area contributed by atoms with E-state index in [1.54, 1.807) is 0 Å². The van der Waals surface area contributed by atoms with Gasteiger partial charge in [0.25, 0.3) is 0 Å². The third kappa shape index (κ3) is 6.71. The third-order valence-corrected chi connectivity index (χ3v) is 7.47. The Morgan fingerprint density at radius 3 is 0.857 bits per heavy atom. The van der Waals surface area contributed by atoms with Crippen molar-refractivity contribution in [3.63, 3.8) is 0 Å². The zero-order valence-electron chi connectivity index (χ0n) is 26.1. The Kier molecular flexibility index (Phi) is 12.0. The van der Waals surface area contributed by atoms with Crippen LogP contribution in [-0.4, -0.2) is 29.4 Å². The molecule has 0 heterocycles. The van der Waals surface area contributed by atoms with Crippen LogP contribution in [0.3, 0.4) is 0 Å². The van der Waals surface area contributed by atoms with Gasteiger partial charge in [-0.25, -0.2) is 87.8 Å². The van der Waals surface area contributed by atoms with Gasteiger partial charge in [0.2, 0.25) is 23.3 Å². The highest BCUT2D eigenvalue weighted by molar-refractivity contribution is 6.30. The van der Waals surface area contributed by atoms with Crippen LogP contribution in [0.2, 0.25) is 0 Å². The molecule has 298 valence electrons. The lowest BCUT2D eigenvalue weighted by molar-refractivity contribution is 0.278. The van der Waals surface area contributed by atoms with E-state index in [1.165, 1.54) is 0 Å². The Hall–Kier alpha value is -5.56. The average Bonchev–Trinajstić information content (AvgIpc) is 3.15. The summed E-state index contributed by atoms with van der Waals surface area (Å²) in [5, 5.41) is 21.5. The van der Waals surface area contributed by atoms with E-state index in [1.807, 2.05) is 0 Å². The van der Waals surface area contributed by atoms with Crippen LogP contribution in [0, 0.1) is 116 Å². The van der Waals surface area contributed by atoms with Crippen molar-refractivity contribution in [2.24, 2.45) is 0 Å².